The van der Waals surface area contributed by atoms with E-state index in [-0.39, 0.29) is 22.7 Å². The fraction of sp³-hybridized carbons (Fsp3) is 0.296. The number of allylic oxidation sites excluding steroid dienone is 2. The number of hydrogen-bond donors (Lipinski definition) is 2. The highest BCUT2D eigenvalue weighted by atomic mass is 19.2. The fourth-order valence-corrected chi connectivity index (χ4v) is 4.89. The predicted octanol–water partition coefficient (Wildman–Crippen LogP) is 5.69. The van der Waals surface area contributed by atoms with Crippen LogP contribution in [-0.2, 0) is 4.79 Å². The Hall–Kier alpha value is -3.81. The van der Waals surface area contributed by atoms with Gasteiger partial charge in [0, 0.05) is 23.4 Å². The van der Waals surface area contributed by atoms with Crippen LogP contribution in [0.3, 0.4) is 0 Å². The van der Waals surface area contributed by atoms with Crippen molar-refractivity contribution in [2.75, 3.05) is 10.6 Å². The molecule has 0 saturated carbocycles. The topological polar surface area (TPSA) is 76.0 Å². The van der Waals surface area contributed by atoms with E-state index in [0.717, 1.165) is 23.3 Å². The number of aryl methyl sites for hydroxylation is 2. The number of nitrogens with one attached hydrogen (secondary N) is 2. The monoisotopic (exact) mass is 476 g/mol. The van der Waals surface area contributed by atoms with E-state index in [2.05, 4.69) is 15.7 Å². The SMILES string of the molecule is Cc1ccc(NC(=O)c2cnn3c2NC2=C(C(=O)CC(C)(C)C2)[C@@H]3c2ccc(F)c(F)c2)cc1C. The van der Waals surface area contributed by atoms with Crippen molar-refractivity contribution >= 4 is 23.2 Å². The largest absolute Gasteiger partial charge is 0.343 e. The molecule has 0 bridgehead atoms. The molecule has 8 heteroatoms. The minimum atomic E-state index is -1.01. The first-order valence-electron chi connectivity index (χ1n) is 11.5. The van der Waals surface area contributed by atoms with Gasteiger partial charge in [0.25, 0.3) is 5.91 Å². The van der Waals surface area contributed by atoms with Crippen molar-refractivity contribution in [3.05, 3.63) is 87.8 Å². The molecule has 180 valence electrons. The number of amides is 1. The van der Waals surface area contributed by atoms with Gasteiger partial charge in [-0.2, -0.15) is 5.10 Å². The number of hydrogen-bond acceptors (Lipinski definition) is 4. The molecule has 5 rings (SSSR count). The number of nitrogens with zero attached hydrogens (tertiary/aromatic N) is 2. The number of fused-ring (bicyclic) bond motifs is 1. The average molecular weight is 477 g/mol. The molecule has 1 aromatic heterocycles. The summed E-state index contributed by atoms with van der Waals surface area (Å²) in [5.41, 5.74) is 4.35. The van der Waals surface area contributed by atoms with Crippen molar-refractivity contribution in [1.29, 1.82) is 0 Å². The van der Waals surface area contributed by atoms with E-state index in [1.165, 1.54) is 16.9 Å². The van der Waals surface area contributed by atoms with Gasteiger partial charge < -0.3 is 10.6 Å². The highest BCUT2D eigenvalue weighted by Gasteiger charge is 2.42. The molecule has 0 radical (unpaired) electrons. The lowest BCUT2D eigenvalue weighted by Gasteiger charge is -2.39. The van der Waals surface area contributed by atoms with Crippen LogP contribution in [0.4, 0.5) is 20.3 Å². The number of Topliss-reactive ketones (excluding diaryl/α,β-unsaturated/α-hetero) is 1. The van der Waals surface area contributed by atoms with Crippen LogP contribution in [0.25, 0.3) is 0 Å². The molecule has 1 aliphatic heterocycles. The quantitative estimate of drug-likeness (QED) is 0.509. The maximum absolute atomic E-state index is 14.2. The summed E-state index contributed by atoms with van der Waals surface area (Å²) in [4.78, 5) is 26.5. The zero-order chi connectivity index (χ0) is 25.1. The van der Waals surface area contributed by atoms with Gasteiger partial charge in [-0.15, -0.1) is 0 Å². The lowest BCUT2D eigenvalue weighted by Crippen LogP contribution is -2.37. The normalized spacial score (nSPS) is 18.6. The van der Waals surface area contributed by atoms with Crippen molar-refractivity contribution < 1.29 is 18.4 Å². The lowest BCUT2D eigenvalue weighted by atomic mass is 9.73. The predicted molar refractivity (Wildman–Crippen MR) is 129 cm³/mol. The fourth-order valence-electron chi connectivity index (χ4n) is 4.89. The summed E-state index contributed by atoms with van der Waals surface area (Å²) in [5.74, 6) is -2.02. The van der Waals surface area contributed by atoms with E-state index >= 15 is 0 Å². The van der Waals surface area contributed by atoms with Gasteiger partial charge in [-0.1, -0.05) is 26.0 Å². The van der Waals surface area contributed by atoms with Gasteiger partial charge in [-0.05, 0) is 66.6 Å². The van der Waals surface area contributed by atoms with Crippen LogP contribution in [0.2, 0.25) is 0 Å². The van der Waals surface area contributed by atoms with Crippen molar-refractivity contribution in [3.8, 4) is 0 Å². The van der Waals surface area contributed by atoms with Crippen molar-refractivity contribution in [2.24, 2.45) is 5.41 Å². The second kappa shape index (κ2) is 8.15. The zero-order valence-corrected chi connectivity index (χ0v) is 20.0. The number of benzene rings is 2. The molecule has 1 atom stereocenters. The lowest BCUT2D eigenvalue weighted by molar-refractivity contribution is -0.118. The highest BCUT2D eigenvalue weighted by molar-refractivity contribution is 6.08. The van der Waals surface area contributed by atoms with Crippen LogP contribution in [0.15, 0.2) is 53.9 Å². The van der Waals surface area contributed by atoms with Gasteiger partial charge in [0.15, 0.2) is 17.4 Å². The molecule has 0 spiro atoms. The van der Waals surface area contributed by atoms with E-state index in [1.807, 2.05) is 45.9 Å². The van der Waals surface area contributed by atoms with E-state index in [1.54, 1.807) is 0 Å². The van der Waals surface area contributed by atoms with Gasteiger partial charge in [0.05, 0.1) is 6.20 Å². The van der Waals surface area contributed by atoms with E-state index < -0.39 is 17.7 Å². The second-order valence-corrected chi connectivity index (χ2v) is 10.1. The molecule has 6 nitrogen and oxygen atoms in total. The molecule has 0 unspecified atom stereocenters. The zero-order valence-electron chi connectivity index (χ0n) is 20.0. The summed E-state index contributed by atoms with van der Waals surface area (Å²) in [6.07, 6.45) is 2.32. The Balaban J connectivity index is 1.60. The number of aromatic nitrogens is 2. The van der Waals surface area contributed by atoms with Gasteiger partial charge in [0.1, 0.15) is 17.4 Å². The molecule has 2 N–H and O–H groups in total. The molecular weight excluding hydrogens is 450 g/mol. The van der Waals surface area contributed by atoms with Crippen molar-refractivity contribution in [2.45, 2.75) is 46.6 Å². The summed E-state index contributed by atoms with van der Waals surface area (Å²) >= 11 is 0. The van der Waals surface area contributed by atoms with E-state index in [0.29, 0.717) is 41.2 Å². The molecule has 3 aromatic rings. The van der Waals surface area contributed by atoms with Crippen LogP contribution in [0.1, 0.15) is 59.8 Å². The van der Waals surface area contributed by atoms with Crippen LogP contribution >= 0.6 is 0 Å². The number of carbonyl (C=O) groups is 2. The Morgan fingerprint density at radius 3 is 2.57 bits per heavy atom. The smallest absolute Gasteiger partial charge is 0.261 e. The van der Waals surface area contributed by atoms with Crippen LogP contribution < -0.4 is 10.6 Å². The number of carbonyl (C=O) groups excluding carboxylic acids is 2. The summed E-state index contributed by atoms with van der Waals surface area (Å²) in [6.45, 7) is 7.97. The van der Waals surface area contributed by atoms with Gasteiger partial charge in [-0.3, -0.25) is 9.59 Å². The first-order chi connectivity index (χ1) is 16.5. The Labute approximate surface area is 202 Å². The second-order valence-electron chi connectivity index (χ2n) is 10.1. The molecule has 1 aliphatic carbocycles. The van der Waals surface area contributed by atoms with E-state index in [4.69, 9.17) is 0 Å². The molecule has 0 saturated heterocycles. The van der Waals surface area contributed by atoms with Gasteiger partial charge in [-0.25, -0.2) is 13.5 Å². The van der Waals surface area contributed by atoms with Gasteiger partial charge in [0.2, 0.25) is 0 Å². The van der Waals surface area contributed by atoms with Crippen molar-refractivity contribution in [1.82, 2.24) is 9.78 Å². The summed E-state index contributed by atoms with van der Waals surface area (Å²) in [5, 5.41) is 10.6. The molecule has 2 aliphatic rings. The maximum Gasteiger partial charge on any atom is 0.261 e. The molecule has 2 heterocycles. The summed E-state index contributed by atoms with van der Waals surface area (Å²) < 4.78 is 29.4. The third kappa shape index (κ3) is 4.03. The summed E-state index contributed by atoms with van der Waals surface area (Å²) in [7, 11) is 0. The molecule has 1 amide bonds. The molecule has 2 aromatic carbocycles. The number of ketones is 1. The highest BCUT2D eigenvalue weighted by Crippen LogP contribution is 2.46. The first-order valence-corrected chi connectivity index (χ1v) is 11.5. The Kier molecular flexibility index (Phi) is 5.34. The molecular formula is C27H26F2N4O2. The van der Waals surface area contributed by atoms with Crippen LogP contribution in [0.5, 0.6) is 0 Å². The summed E-state index contributed by atoms with van der Waals surface area (Å²) in [6, 6.07) is 8.46. The van der Waals surface area contributed by atoms with E-state index in [9.17, 15) is 18.4 Å². The molecule has 35 heavy (non-hydrogen) atoms. The number of halogens is 2. The average Bonchev–Trinajstić information content (AvgIpc) is 3.19. The Morgan fingerprint density at radius 1 is 1.09 bits per heavy atom. The minimum Gasteiger partial charge on any atom is -0.343 e. The Bertz CT molecular complexity index is 1420. The Morgan fingerprint density at radius 2 is 1.86 bits per heavy atom. The standard InChI is InChI=1S/C27H26F2N4O2/c1-14-5-7-17(9-15(14)2)31-26(35)18-13-30-33-24(16-6-8-19(28)20(29)10-16)23-21(32-25(18)33)11-27(3,4)12-22(23)34/h5-10,13,24,32H,11-12H2,1-4H3,(H,31,35)/t24-/m0/s1. The third-order valence-electron chi connectivity index (χ3n) is 6.77. The maximum atomic E-state index is 14.2. The van der Waals surface area contributed by atoms with Crippen LogP contribution in [-0.4, -0.2) is 21.5 Å². The number of rotatable bonds is 3. The first kappa shape index (κ1) is 23.0. The number of anilines is 2. The minimum absolute atomic E-state index is 0.0826. The third-order valence-corrected chi connectivity index (χ3v) is 6.77. The molecule has 0 fully saturated rings. The van der Waals surface area contributed by atoms with Crippen LogP contribution in [0, 0.1) is 30.9 Å². The van der Waals surface area contributed by atoms with Crippen molar-refractivity contribution in [3.63, 3.8) is 0 Å². The van der Waals surface area contributed by atoms with Gasteiger partial charge >= 0.3 is 0 Å².